The molecule has 2 N–H and O–H groups in total. The minimum absolute atomic E-state index is 0.724. The summed E-state index contributed by atoms with van der Waals surface area (Å²) in [5, 5.41) is 4.39. The van der Waals surface area contributed by atoms with E-state index in [4.69, 9.17) is 5.73 Å². The summed E-state index contributed by atoms with van der Waals surface area (Å²) >= 11 is 1.78. The van der Waals surface area contributed by atoms with Gasteiger partial charge in [0.1, 0.15) is 0 Å². The molecule has 78 valence electrons. The monoisotopic (exact) mass is 210 g/mol. The smallest absolute Gasteiger partial charge is 0.0242 e. The third kappa shape index (κ3) is 2.56. The van der Waals surface area contributed by atoms with Gasteiger partial charge in [0, 0.05) is 13.1 Å². The first-order chi connectivity index (χ1) is 6.88. The molecule has 1 fully saturated rings. The molecule has 0 radical (unpaired) electrons. The Morgan fingerprint density at radius 2 is 2.50 bits per heavy atom. The lowest BCUT2D eigenvalue weighted by Crippen LogP contribution is -2.37. The quantitative estimate of drug-likeness (QED) is 0.826. The summed E-state index contributed by atoms with van der Waals surface area (Å²) in [5.41, 5.74) is 7.17. The van der Waals surface area contributed by atoms with E-state index in [-0.39, 0.29) is 0 Å². The van der Waals surface area contributed by atoms with Crippen LogP contribution in [-0.4, -0.2) is 24.5 Å². The molecule has 0 aromatic carbocycles. The van der Waals surface area contributed by atoms with Gasteiger partial charge in [-0.2, -0.15) is 11.3 Å². The summed E-state index contributed by atoms with van der Waals surface area (Å²) in [5.74, 6) is 0.724. The zero-order valence-electron chi connectivity index (χ0n) is 8.48. The van der Waals surface area contributed by atoms with Crippen LogP contribution in [0, 0.1) is 5.92 Å². The minimum atomic E-state index is 0.724. The number of thiophene rings is 1. The first-order valence-corrected chi connectivity index (χ1v) is 6.26. The number of hydrogen-bond donors (Lipinski definition) is 1. The van der Waals surface area contributed by atoms with Crippen LogP contribution in [-0.2, 0) is 6.54 Å². The molecule has 2 rings (SSSR count). The van der Waals surface area contributed by atoms with Crippen molar-refractivity contribution in [1.82, 2.24) is 4.90 Å². The Labute approximate surface area is 89.7 Å². The summed E-state index contributed by atoms with van der Waals surface area (Å²) in [4.78, 5) is 2.53. The van der Waals surface area contributed by atoms with Crippen molar-refractivity contribution in [2.45, 2.75) is 19.4 Å². The van der Waals surface area contributed by atoms with Gasteiger partial charge in [-0.15, -0.1) is 0 Å². The molecule has 14 heavy (non-hydrogen) atoms. The third-order valence-electron chi connectivity index (χ3n) is 2.92. The molecule has 2 nitrogen and oxygen atoms in total. The van der Waals surface area contributed by atoms with Crippen LogP contribution in [0.4, 0.5) is 0 Å². The van der Waals surface area contributed by atoms with Crippen LogP contribution in [0.3, 0.4) is 0 Å². The zero-order chi connectivity index (χ0) is 9.80. The number of rotatable bonds is 3. The lowest BCUT2D eigenvalue weighted by Gasteiger charge is -2.31. The molecule has 0 spiro atoms. The zero-order valence-corrected chi connectivity index (χ0v) is 9.30. The van der Waals surface area contributed by atoms with Gasteiger partial charge < -0.3 is 5.73 Å². The summed E-state index contributed by atoms with van der Waals surface area (Å²) in [6, 6.07) is 2.22. The molecular formula is C11H18N2S. The van der Waals surface area contributed by atoms with E-state index in [1.165, 1.54) is 31.5 Å². The number of nitrogens with zero attached hydrogens (tertiary/aromatic N) is 1. The average Bonchev–Trinajstić information content (AvgIpc) is 2.71. The molecular weight excluding hydrogens is 192 g/mol. The van der Waals surface area contributed by atoms with E-state index in [1.54, 1.807) is 11.3 Å². The molecule has 1 aromatic heterocycles. The predicted molar refractivity (Wildman–Crippen MR) is 61.4 cm³/mol. The Kier molecular flexibility index (Phi) is 3.56. The highest BCUT2D eigenvalue weighted by Gasteiger charge is 2.18. The Morgan fingerprint density at radius 3 is 3.21 bits per heavy atom. The fourth-order valence-electron chi connectivity index (χ4n) is 2.13. The number of likely N-dealkylation sites (tertiary alicyclic amines) is 1. The van der Waals surface area contributed by atoms with Gasteiger partial charge in [-0.3, -0.25) is 4.90 Å². The van der Waals surface area contributed by atoms with Crippen molar-refractivity contribution in [2.75, 3.05) is 19.6 Å². The van der Waals surface area contributed by atoms with Gasteiger partial charge >= 0.3 is 0 Å². The summed E-state index contributed by atoms with van der Waals surface area (Å²) < 4.78 is 0. The molecule has 1 aromatic rings. The van der Waals surface area contributed by atoms with Gasteiger partial charge in [-0.05, 0) is 54.2 Å². The average molecular weight is 210 g/mol. The number of nitrogens with two attached hydrogens (primary N) is 1. The van der Waals surface area contributed by atoms with Crippen LogP contribution in [0.1, 0.15) is 18.4 Å². The van der Waals surface area contributed by atoms with Crippen LogP contribution < -0.4 is 5.73 Å². The molecule has 0 bridgehead atoms. The van der Waals surface area contributed by atoms with E-state index in [0.29, 0.717) is 0 Å². The van der Waals surface area contributed by atoms with Crippen LogP contribution >= 0.6 is 11.3 Å². The number of piperidine rings is 1. The van der Waals surface area contributed by atoms with E-state index in [1.807, 2.05) is 0 Å². The van der Waals surface area contributed by atoms with E-state index >= 15 is 0 Å². The van der Waals surface area contributed by atoms with Gasteiger partial charge in [-0.1, -0.05) is 0 Å². The minimum Gasteiger partial charge on any atom is -0.330 e. The third-order valence-corrected chi connectivity index (χ3v) is 3.65. The molecule has 0 saturated carbocycles. The molecule has 3 heteroatoms. The van der Waals surface area contributed by atoms with E-state index in [0.717, 1.165) is 19.0 Å². The summed E-state index contributed by atoms with van der Waals surface area (Å²) in [7, 11) is 0. The van der Waals surface area contributed by atoms with Gasteiger partial charge in [0.15, 0.2) is 0 Å². The Morgan fingerprint density at radius 1 is 1.57 bits per heavy atom. The second-order valence-electron chi connectivity index (χ2n) is 4.11. The van der Waals surface area contributed by atoms with Crippen LogP contribution in [0.5, 0.6) is 0 Å². The molecule has 0 amide bonds. The fourth-order valence-corrected chi connectivity index (χ4v) is 2.79. The molecule has 2 heterocycles. The summed E-state index contributed by atoms with van der Waals surface area (Å²) in [6.45, 7) is 4.39. The Hall–Kier alpha value is -0.380. The number of hydrogen-bond acceptors (Lipinski definition) is 3. The SMILES string of the molecule is NC[C@H]1CCCN(Cc2ccsc2)C1. The summed E-state index contributed by atoms with van der Waals surface area (Å²) in [6.07, 6.45) is 2.63. The first-order valence-electron chi connectivity index (χ1n) is 5.32. The van der Waals surface area contributed by atoms with Crippen LogP contribution in [0.15, 0.2) is 16.8 Å². The van der Waals surface area contributed by atoms with Crippen LogP contribution in [0.2, 0.25) is 0 Å². The maximum Gasteiger partial charge on any atom is 0.0242 e. The van der Waals surface area contributed by atoms with Crippen molar-refractivity contribution < 1.29 is 0 Å². The van der Waals surface area contributed by atoms with Crippen molar-refractivity contribution in [2.24, 2.45) is 11.7 Å². The van der Waals surface area contributed by atoms with Crippen molar-refractivity contribution in [3.8, 4) is 0 Å². The second-order valence-corrected chi connectivity index (χ2v) is 4.89. The highest BCUT2D eigenvalue weighted by atomic mass is 32.1. The standard InChI is InChI=1S/C11H18N2S/c12-6-10-2-1-4-13(7-10)8-11-3-5-14-9-11/h3,5,9-10H,1-2,4,6-8,12H2/t10-/m1/s1. The van der Waals surface area contributed by atoms with E-state index < -0.39 is 0 Å². The van der Waals surface area contributed by atoms with E-state index in [9.17, 15) is 0 Å². The van der Waals surface area contributed by atoms with Gasteiger partial charge in [0.05, 0.1) is 0 Å². The van der Waals surface area contributed by atoms with Crippen LogP contribution in [0.25, 0.3) is 0 Å². The Bertz CT molecular complexity index is 258. The van der Waals surface area contributed by atoms with Gasteiger partial charge in [0.2, 0.25) is 0 Å². The molecule has 1 aliphatic heterocycles. The maximum absolute atomic E-state index is 5.71. The van der Waals surface area contributed by atoms with Gasteiger partial charge in [0.25, 0.3) is 0 Å². The lowest BCUT2D eigenvalue weighted by atomic mass is 9.98. The molecule has 0 aliphatic carbocycles. The largest absolute Gasteiger partial charge is 0.330 e. The Balaban J connectivity index is 1.86. The molecule has 0 unspecified atom stereocenters. The highest BCUT2D eigenvalue weighted by molar-refractivity contribution is 7.07. The highest BCUT2D eigenvalue weighted by Crippen LogP contribution is 2.18. The van der Waals surface area contributed by atoms with Crippen molar-refractivity contribution >= 4 is 11.3 Å². The molecule has 1 aliphatic rings. The fraction of sp³-hybridized carbons (Fsp3) is 0.636. The molecule has 1 saturated heterocycles. The maximum atomic E-state index is 5.71. The van der Waals surface area contributed by atoms with Gasteiger partial charge in [-0.25, -0.2) is 0 Å². The van der Waals surface area contributed by atoms with Crippen molar-refractivity contribution in [3.63, 3.8) is 0 Å². The van der Waals surface area contributed by atoms with Crippen molar-refractivity contribution in [1.29, 1.82) is 0 Å². The topological polar surface area (TPSA) is 29.3 Å². The lowest BCUT2D eigenvalue weighted by molar-refractivity contribution is 0.171. The van der Waals surface area contributed by atoms with E-state index in [2.05, 4.69) is 21.7 Å². The predicted octanol–water partition coefficient (Wildman–Crippen LogP) is 1.92. The molecule has 1 atom stereocenters. The second kappa shape index (κ2) is 4.91. The first kappa shape index (κ1) is 10.1. The van der Waals surface area contributed by atoms with Crippen molar-refractivity contribution in [3.05, 3.63) is 22.4 Å². The normalized spacial score (nSPS) is 23.9.